The third kappa shape index (κ3) is 4.11. The Morgan fingerprint density at radius 2 is 2.14 bits per heavy atom. The van der Waals surface area contributed by atoms with E-state index in [1.807, 2.05) is 51.1 Å². The number of carbonyl (C=O) groups excluding carboxylic acids is 1. The van der Waals surface area contributed by atoms with Gasteiger partial charge in [-0.2, -0.15) is 0 Å². The van der Waals surface area contributed by atoms with Gasteiger partial charge in [-0.15, -0.1) is 0 Å². The van der Waals surface area contributed by atoms with Crippen LogP contribution in [0.3, 0.4) is 0 Å². The van der Waals surface area contributed by atoms with Crippen LogP contribution in [-0.2, 0) is 16.0 Å². The second-order valence-corrected chi connectivity index (χ2v) is 7.98. The molecule has 2 atom stereocenters. The van der Waals surface area contributed by atoms with Crippen LogP contribution in [0, 0.1) is 18.3 Å². The molecule has 2 aromatic rings. The van der Waals surface area contributed by atoms with Gasteiger partial charge in [-0.3, -0.25) is 9.59 Å². The Bertz CT molecular complexity index is 860. The van der Waals surface area contributed by atoms with Crippen molar-refractivity contribution in [3.05, 3.63) is 41.7 Å². The number of piperidine rings is 1. The Morgan fingerprint density at radius 3 is 2.82 bits per heavy atom. The zero-order valence-corrected chi connectivity index (χ0v) is 16.8. The number of hydrogen-bond acceptors (Lipinski definition) is 4. The molecule has 1 aromatic carbocycles. The van der Waals surface area contributed by atoms with E-state index >= 15 is 0 Å². The maximum atomic E-state index is 12.6. The zero-order chi connectivity index (χ0) is 20.3. The maximum absolute atomic E-state index is 12.6. The average Bonchev–Trinajstić information content (AvgIpc) is 3.15. The lowest BCUT2D eigenvalue weighted by Gasteiger charge is -2.40. The van der Waals surface area contributed by atoms with Crippen molar-refractivity contribution in [3.8, 4) is 11.3 Å². The van der Waals surface area contributed by atoms with Crippen molar-refractivity contribution in [2.45, 2.75) is 46.5 Å². The number of benzene rings is 1. The lowest BCUT2D eigenvalue weighted by molar-refractivity contribution is -0.156. The van der Waals surface area contributed by atoms with Gasteiger partial charge in [0.1, 0.15) is 11.5 Å². The van der Waals surface area contributed by atoms with Crippen molar-refractivity contribution in [3.63, 3.8) is 0 Å². The summed E-state index contributed by atoms with van der Waals surface area (Å²) in [6, 6.07) is 9.75. The van der Waals surface area contributed by atoms with Gasteiger partial charge in [0.2, 0.25) is 5.91 Å². The number of rotatable bonds is 6. The molecule has 3 rings (SSSR count). The van der Waals surface area contributed by atoms with Gasteiger partial charge in [0, 0.05) is 37.1 Å². The molecule has 2 heterocycles. The first-order chi connectivity index (χ1) is 13.3. The van der Waals surface area contributed by atoms with Crippen LogP contribution in [-0.4, -0.2) is 40.1 Å². The molecule has 1 aromatic heterocycles. The third-order valence-corrected chi connectivity index (χ3v) is 5.76. The number of nitrogens with zero attached hydrogens (tertiary/aromatic N) is 2. The fourth-order valence-corrected chi connectivity index (χ4v) is 3.87. The van der Waals surface area contributed by atoms with Crippen molar-refractivity contribution in [1.82, 2.24) is 10.1 Å². The molecular formula is C22H28N2O4. The van der Waals surface area contributed by atoms with Gasteiger partial charge < -0.3 is 14.5 Å². The molecule has 0 radical (unpaired) electrons. The fourth-order valence-electron chi connectivity index (χ4n) is 3.87. The number of carboxylic acid groups (broad SMARTS) is 1. The molecule has 0 saturated carbocycles. The molecule has 6 nitrogen and oxygen atoms in total. The SMILES string of the molecule is CCC(C)C(=O)N1CCCC(Cc2cc(-c3cccc(C)c3)no2)(C(=O)O)C1. The predicted molar refractivity (Wildman–Crippen MR) is 106 cm³/mol. The van der Waals surface area contributed by atoms with Gasteiger partial charge in [0.05, 0.1) is 5.41 Å². The van der Waals surface area contributed by atoms with Crippen molar-refractivity contribution in [2.24, 2.45) is 11.3 Å². The highest BCUT2D eigenvalue weighted by Crippen LogP contribution is 2.36. The molecule has 1 N–H and O–H groups in total. The lowest BCUT2D eigenvalue weighted by atomic mass is 9.76. The molecule has 2 unspecified atom stereocenters. The van der Waals surface area contributed by atoms with E-state index in [9.17, 15) is 14.7 Å². The van der Waals surface area contributed by atoms with Gasteiger partial charge in [-0.05, 0) is 32.3 Å². The summed E-state index contributed by atoms with van der Waals surface area (Å²) >= 11 is 0. The van der Waals surface area contributed by atoms with Crippen molar-refractivity contribution in [1.29, 1.82) is 0 Å². The molecule has 150 valence electrons. The predicted octanol–water partition coefficient (Wildman–Crippen LogP) is 3.93. The van der Waals surface area contributed by atoms with Crippen molar-refractivity contribution < 1.29 is 19.2 Å². The molecule has 1 aliphatic rings. The van der Waals surface area contributed by atoms with Crippen LogP contribution in [0.2, 0.25) is 0 Å². The summed E-state index contributed by atoms with van der Waals surface area (Å²) in [5.41, 5.74) is 1.72. The van der Waals surface area contributed by atoms with Gasteiger partial charge >= 0.3 is 5.97 Å². The highest BCUT2D eigenvalue weighted by Gasteiger charge is 2.45. The van der Waals surface area contributed by atoms with E-state index in [1.165, 1.54) is 0 Å². The van der Waals surface area contributed by atoms with Gasteiger partial charge in [-0.25, -0.2) is 0 Å². The molecule has 0 bridgehead atoms. The van der Waals surface area contributed by atoms with Crippen molar-refractivity contribution in [2.75, 3.05) is 13.1 Å². The largest absolute Gasteiger partial charge is 0.481 e. The monoisotopic (exact) mass is 384 g/mol. The van der Waals surface area contributed by atoms with Crippen LogP contribution in [0.15, 0.2) is 34.9 Å². The molecular weight excluding hydrogens is 356 g/mol. The number of aryl methyl sites for hydroxylation is 1. The molecule has 28 heavy (non-hydrogen) atoms. The van der Waals surface area contributed by atoms with Gasteiger partial charge in [0.15, 0.2) is 0 Å². The summed E-state index contributed by atoms with van der Waals surface area (Å²) in [4.78, 5) is 26.5. The maximum Gasteiger partial charge on any atom is 0.311 e. The van der Waals surface area contributed by atoms with E-state index in [0.29, 0.717) is 30.8 Å². The molecule has 1 aliphatic heterocycles. The first-order valence-electron chi connectivity index (χ1n) is 9.89. The van der Waals surface area contributed by atoms with Gasteiger partial charge in [0.25, 0.3) is 0 Å². The van der Waals surface area contributed by atoms with Crippen LogP contribution >= 0.6 is 0 Å². The van der Waals surface area contributed by atoms with E-state index in [-0.39, 0.29) is 24.8 Å². The topological polar surface area (TPSA) is 83.6 Å². The number of aromatic nitrogens is 1. The number of hydrogen-bond donors (Lipinski definition) is 1. The molecule has 1 amide bonds. The van der Waals surface area contributed by atoms with Gasteiger partial charge in [-0.1, -0.05) is 42.8 Å². The van der Waals surface area contributed by atoms with E-state index in [2.05, 4.69) is 5.16 Å². The summed E-state index contributed by atoms with van der Waals surface area (Å²) in [6.07, 6.45) is 2.17. The normalized spacial score (nSPS) is 20.8. The first-order valence-corrected chi connectivity index (χ1v) is 9.89. The molecule has 0 spiro atoms. The van der Waals surface area contributed by atoms with Crippen LogP contribution in [0.4, 0.5) is 0 Å². The molecule has 0 aliphatic carbocycles. The molecule has 1 fully saturated rings. The third-order valence-electron chi connectivity index (χ3n) is 5.76. The number of carbonyl (C=O) groups is 2. The number of amides is 1. The molecule has 1 saturated heterocycles. The summed E-state index contributed by atoms with van der Waals surface area (Å²) in [6.45, 7) is 6.70. The van der Waals surface area contributed by atoms with Crippen LogP contribution in [0.5, 0.6) is 0 Å². The fraction of sp³-hybridized carbons (Fsp3) is 0.500. The summed E-state index contributed by atoms with van der Waals surface area (Å²) in [5.74, 6) is -0.409. The van der Waals surface area contributed by atoms with E-state index < -0.39 is 11.4 Å². The van der Waals surface area contributed by atoms with E-state index in [1.54, 1.807) is 4.90 Å². The second kappa shape index (κ2) is 8.17. The van der Waals surface area contributed by atoms with E-state index in [0.717, 1.165) is 17.5 Å². The quantitative estimate of drug-likeness (QED) is 0.816. The smallest absolute Gasteiger partial charge is 0.311 e. The van der Waals surface area contributed by atoms with E-state index in [4.69, 9.17) is 4.52 Å². The Balaban J connectivity index is 1.81. The molecule has 6 heteroatoms. The highest BCUT2D eigenvalue weighted by molar-refractivity contribution is 5.81. The average molecular weight is 384 g/mol. The minimum Gasteiger partial charge on any atom is -0.481 e. The Morgan fingerprint density at radius 1 is 1.36 bits per heavy atom. The van der Waals surface area contributed by atoms with Crippen molar-refractivity contribution >= 4 is 11.9 Å². The summed E-state index contributed by atoms with van der Waals surface area (Å²) in [7, 11) is 0. The number of aliphatic carboxylic acids is 1. The van der Waals surface area contributed by atoms with Crippen LogP contribution < -0.4 is 0 Å². The Labute approximate surface area is 165 Å². The standard InChI is InChI=1S/C22H28N2O4/c1-4-16(3)20(25)24-10-6-9-22(14-24,21(26)27)13-18-12-19(23-28-18)17-8-5-7-15(2)11-17/h5,7-8,11-12,16H,4,6,9-10,13-14H2,1-3H3,(H,26,27). The minimum absolute atomic E-state index is 0.0332. The summed E-state index contributed by atoms with van der Waals surface area (Å²) < 4.78 is 5.48. The Kier molecular flexibility index (Phi) is 5.87. The van der Waals surface area contributed by atoms with Crippen LogP contribution in [0.25, 0.3) is 11.3 Å². The second-order valence-electron chi connectivity index (χ2n) is 7.98. The summed E-state index contributed by atoms with van der Waals surface area (Å²) in [5, 5.41) is 14.1. The zero-order valence-electron chi connectivity index (χ0n) is 16.8. The number of likely N-dealkylation sites (tertiary alicyclic amines) is 1. The Hall–Kier alpha value is -2.63. The number of carboxylic acids is 1. The highest BCUT2D eigenvalue weighted by atomic mass is 16.5. The lowest BCUT2D eigenvalue weighted by Crippen LogP contribution is -2.52. The minimum atomic E-state index is -1.04. The first kappa shape index (κ1) is 20.1. The van der Waals surface area contributed by atoms with Crippen LogP contribution in [0.1, 0.15) is 44.4 Å².